The maximum atomic E-state index is 12.5. The van der Waals surface area contributed by atoms with E-state index in [9.17, 15) is 9.59 Å². The van der Waals surface area contributed by atoms with E-state index in [1.54, 1.807) is 12.1 Å². The average Bonchev–Trinajstić information content (AvgIpc) is 2.92. The molecular weight excluding hydrogens is 242 g/mol. The Hall–Kier alpha value is -1.88. The second-order valence-electron chi connectivity index (χ2n) is 5.15. The molecule has 0 radical (unpaired) electrons. The number of hydrogen-bond acceptors (Lipinski definition) is 4. The van der Waals surface area contributed by atoms with E-state index in [0.717, 1.165) is 18.5 Å². The molecule has 1 unspecified atom stereocenters. The summed E-state index contributed by atoms with van der Waals surface area (Å²) in [5.74, 6) is -0.276. The average molecular weight is 259 g/mol. The lowest BCUT2D eigenvalue weighted by molar-refractivity contribution is -0.128. The molecule has 1 fully saturated rings. The first kappa shape index (κ1) is 12.2. The Bertz CT molecular complexity index is 535. The largest absolute Gasteiger partial charge is 0.399 e. The molecule has 3 N–H and O–H groups in total. The normalized spacial score (nSPS) is 22.4. The number of rotatable bonds is 1. The smallest absolute Gasteiger partial charge is 0.238 e. The van der Waals surface area contributed by atoms with Gasteiger partial charge in [0.15, 0.2) is 0 Å². The molecule has 0 bridgehead atoms. The maximum Gasteiger partial charge on any atom is 0.238 e. The summed E-state index contributed by atoms with van der Waals surface area (Å²) in [6, 6.07) is 5.38. The van der Waals surface area contributed by atoms with Crippen molar-refractivity contribution in [1.29, 1.82) is 0 Å². The fourth-order valence-electron chi connectivity index (χ4n) is 2.80. The first-order valence-electron chi connectivity index (χ1n) is 6.63. The third kappa shape index (κ3) is 2.10. The van der Waals surface area contributed by atoms with Gasteiger partial charge in [0.1, 0.15) is 0 Å². The van der Waals surface area contributed by atoms with E-state index in [4.69, 9.17) is 5.73 Å². The molecule has 2 aliphatic heterocycles. The van der Waals surface area contributed by atoms with Crippen molar-refractivity contribution in [2.45, 2.75) is 19.3 Å². The van der Waals surface area contributed by atoms with Gasteiger partial charge in [-0.1, -0.05) is 0 Å². The number of hydrogen-bond donors (Lipinski definition) is 2. The molecule has 1 aromatic carbocycles. The summed E-state index contributed by atoms with van der Waals surface area (Å²) in [5.41, 5.74) is 8.13. The standard InChI is InChI=1S/C14H17N3O2/c15-11-2-3-12-9(7-11)1-4-13(18)17(12)14(19)10-5-6-16-8-10/h2-3,7,10,16H,1,4-6,8,15H2. The van der Waals surface area contributed by atoms with Gasteiger partial charge in [0, 0.05) is 18.7 Å². The summed E-state index contributed by atoms with van der Waals surface area (Å²) >= 11 is 0. The molecule has 1 saturated heterocycles. The van der Waals surface area contributed by atoms with E-state index in [1.807, 2.05) is 6.07 Å². The first-order chi connectivity index (χ1) is 9.16. The summed E-state index contributed by atoms with van der Waals surface area (Å²) in [4.78, 5) is 25.9. The number of nitrogens with one attached hydrogen (secondary N) is 1. The van der Waals surface area contributed by atoms with E-state index in [2.05, 4.69) is 5.32 Å². The molecule has 2 aliphatic rings. The van der Waals surface area contributed by atoms with Crippen molar-refractivity contribution in [2.75, 3.05) is 23.7 Å². The zero-order valence-corrected chi connectivity index (χ0v) is 10.7. The van der Waals surface area contributed by atoms with Crippen LogP contribution in [-0.4, -0.2) is 24.9 Å². The van der Waals surface area contributed by atoms with Crippen LogP contribution in [0.25, 0.3) is 0 Å². The number of nitrogens with two attached hydrogens (primary N) is 1. The van der Waals surface area contributed by atoms with Crippen molar-refractivity contribution in [1.82, 2.24) is 5.32 Å². The molecule has 0 aromatic heterocycles. The summed E-state index contributed by atoms with van der Waals surface area (Å²) in [6.07, 6.45) is 1.83. The second kappa shape index (κ2) is 4.66. The molecule has 3 rings (SSSR count). The number of benzene rings is 1. The predicted molar refractivity (Wildman–Crippen MR) is 72.6 cm³/mol. The highest BCUT2D eigenvalue weighted by Crippen LogP contribution is 2.31. The fraction of sp³-hybridized carbons (Fsp3) is 0.429. The highest BCUT2D eigenvalue weighted by atomic mass is 16.2. The summed E-state index contributed by atoms with van der Waals surface area (Å²) in [7, 11) is 0. The summed E-state index contributed by atoms with van der Waals surface area (Å²) in [5, 5.41) is 3.16. The Morgan fingerprint density at radius 3 is 2.95 bits per heavy atom. The number of fused-ring (bicyclic) bond motifs is 1. The molecular formula is C14H17N3O2. The maximum absolute atomic E-state index is 12.5. The van der Waals surface area contributed by atoms with Crippen LogP contribution in [0.5, 0.6) is 0 Å². The number of carbonyl (C=O) groups excluding carboxylic acids is 2. The lowest BCUT2D eigenvalue weighted by Crippen LogP contribution is -2.44. The van der Waals surface area contributed by atoms with Gasteiger partial charge in [0.05, 0.1) is 11.6 Å². The lowest BCUT2D eigenvalue weighted by atomic mass is 9.98. The zero-order chi connectivity index (χ0) is 13.4. The quantitative estimate of drug-likeness (QED) is 0.574. The minimum Gasteiger partial charge on any atom is -0.399 e. The number of aryl methyl sites for hydroxylation is 1. The highest BCUT2D eigenvalue weighted by molar-refractivity contribution is 6.17. The molecule has 2 amide bonds. The van der Waals surface area contributed by atoms with Crippen LogP contribution >= 0.6 is 0 Å². The van der Waals surface area contributed by atoms with Gasteiger partial charge < -0.3 is 11.1 Å². The number of nitrogens with zero attached hydrogens (tertiary/aromatic N) is 1. The second-order valence-corrected chi connectivity index (χ2v) is 5.15. The topological polar surface area (TPSA) is 75.4 Å². The Balaban J connectivity index is 1.96. The van der Waals surface area contributed by atoms with Crippen LogP contribution in [0, 0.1) is 5.92 Å². The third-order valence-electron chi connectivity index (χ3n) is 3.83. The summed E-state index contributed by atoms with van der Waals surface area (Å²) < 4.78 is 0. The third-order valence-corrected chi connectivity index (χ3v) is 3.83. The molecule has 5 nitrogen and oxygen atoms in total. The van der Waals surface area contributed by atoms with Crippen molar-refractivity contribution >= 4 is 23.2 Å². The zero-order valence-electron chi connectivity index (χ0n) is 10.7. The monoisotopic (exact) mass is 259 g/mol. The lowest BCUT2D eigenvalue weighted by Gasteiger charge is -2.29. The van der Waals surface area contributed by atoms with Gasteiger partial charge in [-0.05, 0) is 43.1 Å². The van der Waals surface area contributed by atoms with Gasteiger partial charge in [-0.3, -0.25) is 14.5 Å². The van der Waals surface area contributed by atoms with Crippen LogP contribution in [0.1, 0.15) is 18.4 Å². The fourth-order valence-corrected chi connectivity index (χ4v) is 2.80. The van der Waals surface area contributed by atoms with Crippen LogP contribution < -0.4 is 16.0 Å². The molecule has 0 saturated carbocycles. The molecule has 100 valence electrons. The van der Waals surface area contributed by atoms with Gasteiger partial charge in [-0.2, -0.15) is 0 Å². The molecule has 1 atom stereocenters. The molecule has 0 aliphatic carbocycles. The molecule has 5 heteroatoms. The first-order valence-corrected chi connectivity index (χ1v) is 6.63. The molecule has 1 aromatic rings. The van der Waals surface area contributed by atoms with Gasteiger partial charge in [0.25, 0.3) is 0 Å². The number of carbonyl (C=O) groups is 2. The van der Waals surface area contributed by atoms with E-state index in [-0.39, 0.29) is 17.7 Å². The van der Waals surface area contributed by atoms with Crippen LogP contribution in [0.15, 0.2) is 18.2 Å². The van der Waals surface area contributed by atoms with Gasteiger partial charge in [0.2, 0.25) is 11.8 Å². The van der Waals surface area contributed by atoms with Crippen LogP contribution in [0.3, 0.4) is 0 Å². The molecule has 19 heavy (non-hydrogen) atoms. The number of nitrogen functional groups attached to an aromatic ring is 1. The van der Waals surface area contributed by atoms with Crippen molar-refractivity contribution < 1.29 is 9.59 Å². The number of anilines is 2. The van der Waals surface area contributed by atoms with Gasteiger partial charge in [-0.15, -0.1) is 0 Å². The van der Waals surface area contributed by atoms with Gasteiger partial charge in [-0.25, -0.2) is 0 Å². The Morgan fingerprint density at radius 2 is 2.21 bits per heavy atom. The number of amides is 2. The van der Waals surface area contributed by atoms with Crippen molar-refractivity contribution in [3.63, 3.8) is 0 Å². The van der Waals surface area contributed by atoms with Gasteiger partial charge >= 0.3 is 0 Å². The van der Waals surface area contributed by atoms with Crippen molar-refractivity contribution in [3.05, 3.63) is 23.8 Å². The van der Waals surface area contributed by atoms with E-state index in [0.29, 0.717) is 30.8 Å². The summed E-state index contributed by atoms with van der Waals surface area (Å²) in [6.45, 7) is 1.50. The highest BCUT2D eigenvalue weighted by Gasteiger charge is 2.34. The van der Waals surface area contributed by atoms with Crippen LogP contribution in [0.2, 0.25) is 0 Å². The predicted octanol–water partition coefficient (Wildman–Crippen LogP) is 0.684. The van der Waals surface area contributed by atoms with Crippen LogP contribution in [0.4, 0.5) is 11.4 Å². The molecule has 0 spiro atoms. The SMILES string of the molecule is Nc1ccc2c(c1)CCC(=O)N2C(=O)C1CCNC1. The number of imide groups is 1. The van der Waals surface area contributed by atoms with Crippen LogP contribution in [-0.2, 0) is 16.0 Å². The Labute approximate surface area is 111 Å². The van der Waals surface area contributed by atoms with Crippen molar-refractivity contribution in [3.8, 4) is 0 Å². The minimum atomic E-state index is -0.103. The van der Waals surface area contributed by atoms with Crippen molar-refractivity contribution in [2.24, 2.45) is 5.92 Å². The Kier molecular flexibility index (Phi) is 2.98. The Morgan fingerprint density at radius 1 is 1.37 bits per heavy atom. The van der Waals surface area contributed by atoms with E-state index in [1.165, 1.54) is 4.90 Å². The minimum absolute atomic E-state index is 0.0827. The molecule has 2 heterocycles. The van der Waals surface area contributed by atoms with E-state index >= 15 is 0 Å². The van der Waals surface area contributed by atoms with E-state index < -0.39 is 0 Å².